The van der Waals surface area contributed by atoms with Gasteiger partial charge in [-0.25, -0.2) is 0 Å². The summed E-state index contributed by atoms with van der Waals surface area (Å²) >= 11 is -0.635. The van der Waals surface area contributed by atoms with Crippen molar-refractivity contribution in [3.63, 3.8) is 0 Å². The Labute approximate surface area is 144 Å². The fourth-order valence-corrected chi connectivity index (χ4v) is 7.61. The third kappa shape index (κ3) is 2.40. The molecule has 0 N–H and O–H groups in total. The van der Waals surface area contributed by atoms with Crippen LogP contribution in [0.15, 0.2) is 69.5 Å². The average molecular weight is 364 g/mol. The SMILES string of the molecule is CC(C)C1=CC[C]([Zr][CH]2c3ccccc3-c3ccccc32)=C1. The van der Waals surface area contributed by atoms with Gasteiger partial charge in [-0.3, -0.25) is 0 Å². The van der Waals surface area contributed by atoms with E-state index < -0.39 is 23.2 Å². The number of benzene rings is 2. The van der Waals surface area contributed by atoms with Crippen molar-refractivity contribution in [2.45, 2.75) is 23.9 Å². The van der Waals surface area contributed by atoms with E-state index in [1.165, 1.54) is 17.5 Å². The van der Waals surface area contributed by atoms with E-state index in [2.05, 4.69) is 74.5 Å². The zero-order valence-electron chi connectivity index (χ0n) is 13.1. The molecule has 0 fully saturated rings. The van der Waals surface area contributed by atoms with Gasteiger partial charge in [0, 0.05) is 0 Å². The first-order chi connectivity index (χ1) is 10.7. The number of hydrogen-bond acceptors (Lipinski definition) is 0. The number of fused-ring (bicyclic) bond motifs is 3. The van der Waals surface area contributed by atoms with Gasteiger partial charge in [0.25, 0.3) is 0 Å². The zero-order chi connectivity index (χ0) is 15.1. The van der Waals surface area contributed by atoms with Crippen molar-refractivity contribution in [1.29, 1.82) is 0 Å². The maximum absolute atomic E-state index is 2.51. The molecule has 0 heterocycles. The monoisotopic (exact) mass is 362 g/mol. The van der Waals surface area contributed by atoms with Gasteiger partial charge in [-0.05, 0) is 0 Å². The topological polar surface area (TPSA) is 0 Å². The van der Waals surface area contributed by atoms with Crippen LogP contribution in [0.3, 0.4) is 0 Å². The molecular weight excluding hydrogens is 343 g/mol. The van der Waals surface area contributed by atoms with Crippen LogP contribution in [-0.4, -0.2) is 0 Å². The Hall–Kier alpha value is -1.20. The summed E-state index contributed by atoms with van der Waals surface area (Å²) in [6, 6.07) is 18.1. The van der Waals surface area contributed by atoms with Crippen molar-refractivity contribution in [3.8, 4) is 11.1 Å². The maximum atomic E-state index is 2.51. The summed E-state index contributed by atoms with van der Waals surface area (Å²) in [6.07, 6.45) is 6.18. The molecule has 0 saturated carbocycles. The molecule has 2 aliphatic rings. The molecule has 0 aliphatic heterocycles. The van der Waals surface area contributed by atoms with E-state index in [0.717, 1.165) is 0 Å². The zero-order valence-corrected chi connectivity index (χ0v) is 15.6. The summed E-state index contributed by atoms with van der Waals surface area (Å²) in [6.45, 7) is 4.60. The predicted octanol–water partition coefficient (Wildman–Crippen LogP) is 5.71. The molecule has 0 atom stereocenters. The van der Waals surface area contributed by atoms with E-state index in [9.17, 15) is 0 Å². The molecule has 0 amide bonds. The Morgan fingerprint density at radius 3 is 2.05 bits per heavy atom. The van der Waals surface area contributed by atoms with Gasteiger partial charge in [-0.2, -0.15) is 0 Å². The van der Waals surface area contributed by atoms with Crippen LogP contribution in [0, 0.1) is 5.92 Å². The van der Waals surface area contributed by atoms with Crippen molar-refractivity contribution in [1.82, 2.24) is 0 Å². The molecule has 4 rings (SSSR count). The average Bonchev–Trinajstić information content (AvgIpc) is 3.13. The van der Waals surface area contributed by atoms with Crippen molar-refractivity contribution < 1.29 is 23.2 Å². The fourth-order valence-electron chi connectivity index (χ4n) is 3.55. The Morgan fingerprint density at radius 2 is 1.50 bits per heavy atom. The molecule has 0 radical (unpaired) electrons. The molecule has 108 valence electrons. The first-order valence-electron chi connectivity index (χ1n) is 8.09. The summed E-state index contributed by atoms with van der Waals surface area (Å²) in [7, 11) is 0. The van der Waals surface area contributed by atoms with Gasteiger partial charge in [-0.15, -0.1) is 0 Å². The first kappa shape index (κ1) is 14.4. The van der Waals surface area contributed by atoms with Crippen molar-refractivity contribution >= 4 is 0 Å². The normalized spacial score (nSPS) is 16.3. The molecular formula is C21H20Zr. The Morgan fingerprint density at radius 1 is 0.909 bits per heavy atom. The molecule has 0 aromatic heterocycles. The molecule has 0 unspecified atom stereocenters. The van der Waals surface area contributed by atoms with Crippen LogP contribution in [0.2, 0.25) is 0 Å². The minimum atomic E-state index is -0.635. The summed E-state index contributed by atoms with van der Waals surface area (Å²) in [5.74, 6) is 0.667. The second kappa shape index (κ2) is 5.78. The molecule has 2 aromatic carbocycles. The van der Waals surface area contributed by atoms with Gasteiger partial charge in [0.15, 0.2) is 0 Å². The van der Waals surface area contributed by atoms with Gasteiger partial charge >= 0.3 is 145 Å². The second-order valence-electron chi connectivity index (χ2n) is 6.48. The van der Waals surface area contributed by atoms with Crippen LogP contribution >= 0.6 is 0 Å². The quantitative estimate of drug-likeness (QED) is 0.655. The molecule has 0 saturated heterocycles. The molecule has 22 heavy (non-hydrogen) atoms. The van der Waals surface area contributed by atoms with Crippen LogP contribution in [0.1, 0.15) is 35.0 Å². The Balaban J connectivity index is 1.70. The van der Waals surface area contributed by atoms with E-state index in [-0.39, 0.29) is 0 Å². The second-order valence-corrected chi connectivity index (χ2v) is 10.2. The molecule has 2 aliphatic carbocycles. The standard InChI is InChI=1S/C13H9.C8H11.Zr/c1-3-7-12-10(5-1)9-11-6-2-4-8-13(11)12;1-7(2)8-5-3-4-6-8;/h1-9H;5-7H,3H2,1-2H3;. The van der Waals surface area contributed by atoms with Gasteiger partial charge in [-0.1, -0.05) is 0 Å². The third-order valence-corrected chi connectivity index (χ3v) is 8.74. The molecule has 0 nitrogen and oxygen atoms in total. The summed E-state index contributed by atoms with van der Waals surface area (Å²) < 4.78 is 2.45. The summed E-state index contributed by atoms with van der Waals surface area (Å²) in [5, 5.41) is 0. The van der Waals surface area contributed by atoms with Crippen molar-refractivity contribution in [2.75, 3.05) is 0 Å². The Kier molecular flexibility index (Phi) is 3.78. The number of allylic oxidation sites excluding steroid dienone is 4. The number of hydrogen-bond donors (Lipinski definition) is 0. The van der Waals surface area contributed by atoms with Crippen LogP contribution in [0.25, 0.3) is 11.1 Å². The van der Waals surface area contributed by atoms with Gasteiger partial charge < -0.3 is 0 Å². The molecule has 0 bridgehead atoms. The minimum absolute atomic E-state index is 0.635. The fraction of sp³-hybridized carbons (Fsp3) is 0.238. The van der Waals surface area contributed by atoms with Crippen LogP contribution in [0.4, 0.5) is 0 Å². The van der Waals surface area contributed by atoms with Gasteiger partial charge in [0.1, 0.15) is 0 Å². The predicted molar refractivity (Wildman–Crippen MR) is 89.3 cm³/mol. The molecule has 0 spiro atoms. The van der Waals surface area contributed by atoms with Crippen molar-refractivity contribution in [3.05, 3.63) is 80.7 Å². The van der Waals surface area contributed by atoms with E-state index in [1.807, 2.05) is 0 Å². The van der Waals surface area contributed by atoms with Gasteiger partial charge in [0.2, 0.25) is 0 Å². The van der Waals surface area contributed by atoms with E-state index in [4.69, 9.17) is 0 Å². The van der Waals surface area contributed by atoms with E-state index >= 15 is 0 Å². The van der Waals surface area contributed by atoms with Crippen LogP contribution in [0.5, 0.6) is 0 Å². The summed E-state index contributed by atoms with van der Waals surface area (Å²) in [5.41, 5.74) is 7.65. The van der Waals surface area contributed by atoms with Crippen LogP contribution < -0.4 is 0 Å². The molecule has 2 aromatic rings. The van der Waals surface area contributed by atoms with E-state index in [0.29, 0.717) is 9.54 Å². The first-order valence-corrected chi connectivity index (χ1v) is 10.7. The van der Waals surface area contributed by atoms with E-state index in [1.54, 1.807) is 20.0 Å². The summed E-state index contributed by atoms with van der Waals surface area (Å²) in [4.78, 5) is 0. The third-order valence-electron chi connectivity index (χ3n) is 4.73. The van der Waals surface area contributed by atoms with Crippen LogP contribution in [-0.2, 0) is 23.2 Å². The number of rotatable bonds is 3. The van der Waals surface area contributed by atoms with Crippen molar-refractivity contribution in [2.24, 2.45) is 5.92 Å². The van der Waals surface area contributed by atoms with Gasteiger partial charge in [0.05, 0.1) is 0 Å². The Bertz CT molecular complexity index is 734. The molecule has 1 heteroatoms.